The fourth-order valence-electron chi connectivity index (χ4n) is 2.53. The number of ether oxygens (including phenoxy) is 2. The van der Waals surface area contributed by atoms with E-state index in [1.807, 2.05) is 30.3 Å². The number of carbonyl (C=O) groups is 1. The molecule has 0 aliphatic rings. The zero-order valence-electron chi connectivity index (χ0n) is 13.4. The van der Waals surface area contributed by atoms with E-state index < -0.39 is 0 Å². The molecule has 0 aliphatic heterocycles. The van der Waals surface area contributed by atoms with Crippen LogP contribution >= 0.6 is 0 Å². The number of nitrogens with zero attached hydrogens (tertiary/aromatic N) is 2. The van der Waals surface area contributed by atoms with Crippen molar-refractivity contribution in [2.24, 2.45) is 0 Å². The molecule has 0 unspecified atom stereocenters. The molecular weight excluding hydrogens is 304 g/mol. The highest BCUT2D eigenvalue weighted by Crippen LogP contribution is 2.32. The van der Waals surface area contributed by atoms with Crippen molar-refractivity contribution >= 4 is 5.78 Å². The predicted octanol–water partition coefficient (Wildman–Crippen LogP) is 3.39. The first-order valence-electron chi connectivity index (χ1n) is 7.37. The summed E-state index contributed by atoms with van der Waals surface area (Å²) >= 11 is 0. The molecule has 0 saturated carbocycles. The number of aromatic nitrogens is 2. The topological polar surface area (TPSA) is 61.3 Å². The lowest BCUT2D eigenvalue weighted by Gasteiger charge is -2.12. The summed E-state index contributed by atoms with van der Waals surface area (Å²) in [6, 6.07) is 14.5. The molecule has 1 heterocycles. The van der Waals surface area contributed by atoms with Crippen LogP contribution in [0.4, 0.5) is 0 Å². The first-order valence-corrected chi connectivity index (χ1v) is 7.37. The van der Waals surface area contributed by atoms with Crippen molar-refractivity contribution in [2.45, 2.75) is 0 Å². The molecule has 0 saturated heterocycles. The van der Waals surface area contributed by atoms with Crippen molar-refractivity contribution in [3.8, 4) is 22.8 Å². The molecule has 0 fully saturated rings. The Hall–Kier alpha value is -3.21. The Morgan fingerprint density at radius 3 is 2.29 bits per heavy atom. The third kappa shape index (κ3) is 2.84. The summed E-state index contributed by atoms with van der Waals surface area (Å²) in [6.45, 7) is 0. The van der Waals surface area contributed by atoms with Crippen LogP contribution in [0.25, 0.3) is 11.3 Å². The van der Waals surface area contributed by atoms with E-state index in [2.05, 4.69) is 9.97 Å². The lowest BCUT2D eigenvalue weighted by atomic mass is 9.98. The molecule has 3 aromatic rings. The summed E-state index contributed by atoms with van der Waals surface area (Å²) in [4.78, 5) is 21.3. The van der Waals surface area contributed by atoms with Gasteiger partial charge in [0.05, 0.1) is 31.0 Å². The number of methoxy groups -OCH3 is 2. The van der Waals surface area contributed by atoms with Crippen LogP contribution < -0.4 is 9.47 Å². The van der Waals surface area contributed by atoms with E-state index in [-0.39, 0.29) is 5.78 Å². The van der Waals surface area contributed by atoms with Gasteiger partial charge in [0.15, 0.2) is 0 Å². The average Bonchev–Trinajstić information content (AvgIpc) is 2.67. The van der Waals surface area contributed by atoms with E-state index in [1.54, 1.807) is 25.3 Å². The number of ketones is 1. The Kier molecular flexibility index (Phi) is 4.52. The molecular formula is C19H16N2O3. The molecule has 3 rings (SSSR count). The Balaban J connectivity index is 2.15. The van der Waals surface area contributed by atoms with Gasteiger partial charge in [-0.05, 0) is 24.3 Å². The number of hydrogen-bond acceptors (Lipinski definition) is 5. The van der Waals surface area contributed by atoms with Crippen LogP contribution in [-0.2, 0) is 0 Å². The van der Waals surface area contributed by atoms with Crippen molar-refractivity contribution in [3.63, 3.8) is 0 Å². The molecule has 0 spiro atoms. The van der Waals surface area contributed by atoms with Crippen LogP contribution in [0.1, 0.15) is 15.9 Å². The van der Waals surface area contributed by atoms with Crippen LogP contribution in [0.3, 0.4) is 0 Å². The van der Waals surface area contributed by atoms with Gasteiger partial charge in [0.2, 0.25) is 5.78 Å². The van der Waals surface area contributed by atoms with Gasteiger partial charge in [0.1, 0.15) is 17.8 Å². The number of hydrogen-bond donors (Lipinski definition) is 0. The summed E-state index contributed by atoms with van der Waals surface area (Å²) in [5.74, 6) is 0.955. The fraction of sp³-hybridized carbons (Fsp3) is 0.105. The van der Waals surface area contributed by atoms with Crippen molar-refractivity contribution in [3.05, 3.63) is 72.2 Å². The first-order chi connectivity index (χ1) is 11.8. The van der Waals surface area contributed by atoms with Crippen LogP contribution in [0.2, 0.25) is 0 Å². The summed E-state index contributed by atoms with van der Waals surface area (Å²) in [6.07, 6.45) is 2.93. The second-order valence-corrected chi connectivity index (χ2v) is 5.01. The van der Waals surface area contributed by atoms with Gasteiger partial charge in [-0.1, -0.05) is 24.3 Å². The molecule has 0 atom stereocenters. The van der Waals surface area contributed by atoms with Gasteiger partial charge in [-0.2, -0.15) is 0 Å². The van der Waals surface area contributed by atoms with Gasteiger partial charge < -0.3 is 9.47 Å². The van der Waals surface area contributed by atoms with Gasteiger partial charge in [-0.15, -0.1) is 0 Å². The maximum atomic E-state index is 13.0. The van der Waals surface area contributed by atoms with E-state index in [4.69, 9.17) is 9.47 Å². The smallest absolute Gasteiger partial charge is 0.200 e. The van der Waals surface area contributed by atoms with E-state index in [0.717, 1.165) is 5.56 Å². The standard InChI is InChI=1S/C19H16N2O3/c1-23-16-9-5-3-7-13(16)18-15(11-20-12-21-18)19(22)14-8-4-6-10-17(14)24-2/h3-12H,1-2H3. The molecule has 120 valence electrons. The van der Waals surface area contributed by atoms with E-state index in [0.29, 0.717) is 28.3 Å². The van der Waals surface area contributed by atoms with Crippen LogP contribution in [-0.4, -0.2) is 30.0 Å². The van der Waals surface area contributed by atoms with Gasteiger partial charge in [-0.25, -0.2) is 9.97 Å². The monoisotopic (exact) mass is 320 g/mol. The number of para-hydroxylation sites is 2. The summed E-state index contributed by atoms with van der Waals surface area (Å²) in [7, 11) is 3.12. The lowest BCUT2D eigenvalue weighted by Crippen LogP contribution is -2.08. The van der Waals surface area contributed by atoms with Gasteiger partial charge in [0.25, 0.3) is 0 Å². The second kappa shape index (κ2) is 6.91. The Bertz CT molecular complexity index is 878. The van der Waals surface area contributed by atoms with Crippen molar-refractivity contribution in [1.29, 1.82) is 0 Å². The first kappa shape index (κ1) is 15.7. The van der Waals surface area contributed by atoms with Crippen LogP contribution in [0, 0.1) is 0 Å². The minimum Gasteiger partial charge on any atom is -0.496 e. The maximum absolute atomic E-state index is 13.0. The second-order valence-electron chi connectivity index (χ2n) is 5.01. The Labute approximate surface area is 139 Å². The molecule has 5 heteroatoms. The summed E-state index contributed by atoms with van der Waals surface area (Å²) < 4.78 is 10.7. The van der Waals surface area contributed by atoms with Crippen molar-refractivity contribution < 1.29 is 14.3 Å². The van der Waals surface area contributed by atoms with Crippen molar-refractivity contribution in [2.75, 3.05) is 14.2 Å². The zero-order valence-corrected chi connectivity index (χ0v) is 13.4. The van der Waals surface area contributed by atoms with Crippen LogP contribution in [0.5, 0.6) is 11.5 Å². The Morgan fingerprint density at radius 2 is 1.54 bits per heavy atom. The molecule has 2 aromatic carbocycles. The zero-order chi connectivity index (χ0) is 16.9. The van der Waals surface area contributed by atoms with Crippen molar-refractivity contribution in [1.82, 2.24) is 9.97 Å². The molecule has 0 radical (unpaired) electrons. The summed E-state index contributed by atoms with van der Waals surface area (Å²) in [5, 5.41) is 0. The average molecular weight is 320 g/mol. The quantitative estimate of drug-likeness (QED) is 0.674. The molecule has 1 aromatic heterocycles. The van der Waals surface area contributed by atoms with E-state index in [1.165, 1.54) is 19.6 Å². The van der Waals surface area contributed by atoms with Crippen LogP contribution in [0.15, 0.2) is 61.1 Å². The number of carbonyl (C=O) groups excluding carboxylic acids is 1. The molecule has 0 aliphatic carbocycles. The normalized spacial score (nSPS) is 10.2. The number of benzene rings is 2. The Morgan fingerprint density at radius 1 is 0.875 bits per heavy atom. The molecule has 0 N–H and O–H groups in total. The van der Waals surface area contributed by atoms with Gasteiger partial charge in [0, 0.05) is 11.8 Å². The summed E-state index contributed by atoms with van der Waals surface area (Å²) in [5.41, 5.74) is 2.12. The minimum atomic E-state index is -0.200. The maximum Gasteiger partial charge on any atom is 0.200 e. The highest BCUT2D eigenvalue weighted by molar-refractivity contribution is 6.13. The molecule has 5 nitrogen and oxygen atoms in total. The fourth-order valence-corrected chi connectivity index (χ4v) is 2.53. The van der Waals surface area contributed by atoms with Gasteiger partial charge in [-0.3, -0.25) is 4.79 Å². The van der Waals surface area contributed by atoms with E-state index in [9.17, 15) is 4.79 Å². The highest BCUT2D eigenvalue weighted by atomic mass is 16.5. The van der Waals surface area contributed by atoms with E-state index >= 15 is 0 Å². The highest BCUT2D eigenvalue weighted by Gasteiger charge is 2.21. The van der Waals surface area contributed by atoms with Gasteiger partial charge >= 0.3 is 0 Å². The largest absolute Gasteiger partial charge is 0.496 e. The molecule has 0 amide bonds. The predicted molar refractivity (Wildman–Crippen MR) is 90.4 cm³/mol. The lowest BCUT2D eigenvalue weighted by molar-refractivity contribution is 0.103. The third-order valence-corrected chi connectivity index (χ3v) is 3.67. The molecule has 24 heavy (non-hydrogen) atoms. The number of rotatable bonds is 5. The minimum absolute atomic E-state index is 0.200. The third-order valence-electron chi connectivity index (χ3n) is 3.67. The molecule has 0 bridgehead atoms. The SMILES string of the molecule is COc1ccccc1C(=O)c1cncnc1-c1ccccc1OC.